The van der Waals surface area contributed by atoms with Crippen molar-refractivity contribution in [2.24, 2.45) is 0 Å². The van der Waals surface area contributed by atoms with Gasteiger partial charge in [0, 0.05) is 5.56 Å². The fraction of sp³-hybridized carbons (Fsp3) is 0.125. The van der Waals surface area contributed by atoms with Gasteiger partial charge in [-0.1, -0.05) is 35.9 Å². The fourth-order valence-electron chi connectivity index (χ4n) is 3.16. The first-order chi connectivity index (χ1) is 13.9. The van der Waals surface area contributed by atoms with E-state index >= 15 is 0 Å². The highest BCUT2D eigenvalue weighted by molar-refractivity contribution is 6.14. The summed E-state index contributed by atoms with van der Waals surface area (Å²) in [6.07, 6.45) is 1.69. The van der Waals surface area contributed by atoms with Crippen molar-refractivity contribution in [1.82, 2.24) is 0 Å². The van der Waals surface area contributed by atoms with Crippen molar-refractivity contribution in [3.63, 3.8) is 0 Å². The molecule has 0 N–H and O–H groups in total. The molecule has 1 heterocycles. The molecule has 0 aromatic heterocycles. The van der Waals surface area contributed by atoms with Crippen LogP contribution in [-0.2, 0) is 6.61 Å². The minimum absolute atomic E-state index is 0.149. The van der Waals surface area contributed by atoms with Crippen LogP contribution in [0.1, 0.15) is 32.6 Å². The SMILES string of the molecule is Cc1ccc(/C=C2\Oc3c(ccc(OCc4c(F)cccc4F)c3C)C2=O)cc1. The average Bonchev–Trinajstić information content (AvgIpc) is 3.01. The summed E-state index contributed by atoms with van der Waals surface area (Å²) < 4.78 is 39.1. The number of hydrogen-bond acceptors (Lipinski definition) is 3. The maximum Gasteiger partial charge on any atom is 0.231 e. The number of Topliss-reactive ketones (excluding diaryl/α,β-unsaturated/α-hetero) is 1. The molecule has 0 unspecified atom stereocenters. The van der Waals surface area contributed by atoms with Crippen LogP contribution < -0.4 is 9.47 Å². The highest BCUT2D eigenvalue weighted by atomic mass is 19.1. The molecule has 0 amide bonds. The van der Waals surface area contributed by atoms with E-state index in [-0.39, 0.29) is 23.7 Å². The fourth-order valence-corrected chi connectivity index (χ4v) is 3.16. The van der Waals surface area contributed by atoms with E-state index in [1.165, 1.54) is 18.2 Å². The van der Waals surface area contributed by atoms with E-state index in [2.05, 4.69) is 0 Å². The van der Waals surface area contributed by atoms with Crippen LogP contribution in [0.4, 0.5) is 8.78 Å². The molecule has 0 saturated heterocycles. The Labute approximate surface area is 167 Å². The van der Waals surface area contributed by atoms with E-state index in [1.54, 1.807) is 25.1 Å². The van der Waals surface area contributed by atoms with Crippen molar-refractivity contribution < 1.29 is 23.0 Å². The van der Waals surface area contributed by atoms with Gasteiger partial charge in [-0.2, -0.15) is 0 Å². The van der Waals surface area contributed by atoms with Crippen LogP contribution in [0.5, 0.6) is 11.5 Å². The maximum atomic E-state index is 13.8. The van der Waals surface area contributed by atoms with Crippen LogP contribution in [0.3, 0.4) is 0 Å². The summed E-state index contributed by atoms with van der Waals surface area (Å²) in [5.41, 5.74) is 2.86. The van der Waals surface area contributed by atoms with E-state index < -0.39 is 11.6 Å². The van der Waals surface area contributed by atoms with Crippen molar-refractivity contribution in [2.75, 3.05) is 0 Å². The minimum Gasteiger partial charge on any atom is -0.488 e. The Kier molecular flexibility index (Phi) is 4.89. The molecular weight excluding hydrogens is 374 g/mol. The first-order valence-electron chi connectivity index (χ1n) is 9.14. The van der Waals surface area contributed by atoms with E-state index in [9.17, 15) is 13.6 Å². The molecule has 3 aromatic rings. The van der Waals surface area contributed by atoms with Crippen LogP contribution in [0.2, 0.25) is 0 Å². The molecule has 0 saturated carbocycles. The summed E-state index contributed by atoms with van der Waals surface area (Å²) in [7, 11) is 0. The second-order valence-corrected chi connectivity index (χ2v) is 6.90. The summed E-state index contributed by atoms with van der Waals surface area (Å²) in [5.74, 6) is -0.521. The number of benzene rings is 3. The molecule has 5 heteroatoms. The number of aryl methyl sites for hydroxylation is 1. The van der Waals surface area contributed by atoms with Gasteiger partial charge in [-0.25, -0.2) is 8.78 Å². The lowest BCUT2D eigenvalue weighted by Gasteiger charge is -2.12. The van der Waals surface area contributed by atoms with Crippen LogP contribution in [-0.4, -0.2) is 5.78 Å². The van der Waals surface area contributed by atoms with Gasteiger partial charge in [-0.05, 0) is 49.8 Å². The number of hydrogen-bond donors (Lipinski definition) is 0. The monoisotopic (exact) mass is 392 g/mol. The van der Waals surface area contributed by atoms with Gasteiger partial charge in [-0.3, -0.25) is 4.79 Å². The lowest BCUT2D eigenvalue weighted by atomic mass is 10.1. The van der Waals surface area contributed by atoms with Gasteiger partial charge in [0.2, 0.25) is 5.78 Å². The van der Waals surface area contributed by atoms with Gasteiger partial charge < -0.3 is 9.47 Å². The van der Waals surface area contributed by atoms with Gasteiger partial charge in [0.25, 0.3) is 0 Å². The number of carbonyl (C=O) groups excluding carboxylic acids is 1. The molecule has 0 fully saturated rings. The van der Waals surface area contributed by atoms with Gasteiger partial charge in [0.05, 0.1) is 11.1 Å². The highest BCUT2D eigenvalue weighted by Crippen LogP contribution is 2.39. The third-order valence-corrected chi connectivity index (χ3v) is 4.85. The van der Waals surface area contributed by atoms with Crippen molar-refractivity contribution in [3.8, 4) is 11.5 Å². The molecule has 0 radical (unpaired) electrons. The number of fused-ring (bicyclic) bond motifs is 1. The normalized spacial score (nSPS) is 14.1. The van der Waals surface area contributed by atoms with Crippen molar-refractivity contribution in [1.29, 1.82) is 0 Å². The van der Waals surface area contributed by atoms with Crippen molar-refractivity contribution >= 4 is 11.9 Å². The quantitative estimate of drug-likeness (QED) is 0.528. The lowest BCUT2D eigenvalue weighted by molar-refractivity contribution is 0.101. The standard InChI is InChI=1S/C24H18F2O3/c1-14-6-8-16(9-7-14)12-22-23(27)17-10-11-21(15(2)24(17)29-22)28-13-18-19(25)4-3-5-20(18)26/h3-12H,13H2,1-2H3/b22-12-. The average molecular weight is 392 g/mol. The second-order valence-electron chi connectivity index (χ2n) is 6.90. The first kappa shape index (κ1) is 18.9. The number of allylic oxidation sites excluding steroid dienone is 1. The molecule has 0 bridgehead atoms. The molecule has 1 aliphatic heterocycles. The molecule has 0 atom stereocenters. The van der Waals surface area contributed by atoms with E-state index in [1.807, 2.05) is 31.2 Å². The maximum absolute atomic E-state index is 13.8. The number of ketones is 1. The molecule has 3 aromatic carbocycles. The Balaban J connectivity index is 1.59. The van der Waals surface area contributed by atoms with Crippen LogP contribution in [0.25, 0.3) is 6.08 Å². The van der Waals surface area contributed by atoms with Crippen molar-refractivity contribution in [2.45, 2.75) is 20.5 Å². The molecule has 146 valence electrons. The van der Waals surface area contributed by atoms with Crippen LogP contribution in [0.15, 0.2) is 60.4 Å². The first-order valence-corrected chi connectivity index (χ1v) is 9.14. The highest BCUT2D eigenvalue weighted by Gasteiger charge is 2.30. The zero-order valence-electron chi connectivity index (χ0n) is 16.0. The summed E-state index contributed by atoms with van der Waals surface area (Å²) in [5, 5.41) is 0. The predicted molar refractivity (Wildman–Crippen MR) is 106 cm³/mol. The Morgan fingerprint density at radius 3 is 2.34 bits per heavy atom. The van der Waals surface area contributed by atoms with Gasteiger partial charge >= 0.3 is 0 Å². The molecule has 0 aliphatic carbocycles. The van der Waals surface area contributed by atoms with Crippen molar-refractivity contribution in [3.05, 3.63) is 99.8 Å². The second kappa shape index (κ2) is 7.51. The predicted octanol–water partition coefficient (Wildman–Crippen LogP) is 5.78. The lowest BCUT2D eigenvalue weighted by Crippen LogP contribution is -2.03. The molecular formula is C24H18F2O3. The Bertz CT molecular complexity index is 1110. The summed E-state index contributed by atoms with van der Waals surface area (Å²) in [4.78, 5) is 12.7. The third-order valence-electron chi connectivity index (χ3n) is 4.85. The Morgan fingerprint density at radius 1 is 0.966 bits per heavy atom. The Hall–Kier alpha value is -3.47. The topological polar surface area (TPSA) is 35.5 Å². The minimum atomic E-state index is -0.668. The van der Waals surface area contributed by atoms with E-state index in [0.29, 0.717) is 22.6 Å². The number of carbonyl (C=O) groups is 1. The zero-order valence-corrected chi connectivity index (χ0v) is 16.0. The Morgan fingerprint density at radius 2 is 1.66 bits per heavy atom. The molecule has 1 aliphatic rings. The summed E-state index contributed by atoms with van der Waals surface area (Å²) in [6, 6.07) is 14.6. The third kappa shape index (κ3) is 3.63. The number of halogens is 2. The van der Waals surface area contributed by atoms with E-state index in [4.69, 9.17) is 9.47 Å². The molecule has 29 heavy (non-hydrogen) atoms. The largest absolute Gasteiger partial charge is 0.488 e. The molecule has 0 spiro atoms. The van der Waals surface area contributed by atoms with Crippen LogP contribution >= 0.6 is 0 Å². The van der Waals surface area contributed by atoms with E-state index in [0.717, 1.165) is 11.1 Å². The smallest absolute Gasteiger partial charge is 0.231 e. The molecule has 4 rings (SSSR count). The zero-order chi connectivity index (χ0) is 20.5. The van der Waals surface area contributed by atoms with Gasteiger partial charge in [-0.15, -0.1) is 0 Å². The summed E-state index contributed by atoms with van der Waals surface area (Å²) in [6.45, 7) is 3.47. The van der Waals surface area contributed by atoms with Gasteiger partial charge in [0.1, 0.15) is 29.7 Å². The summed E-state index contributed by atoms with van der Waals surface area (Å²) >= 11 is 0. The van der Waals surface area contributed by atoms with Crippen LogP contribution in [0, 0.1) is 25.5 Å². The van der Waals surface area contributed by atoms with Gasteiger partial charge in [0.15, 0.2) is 5.76 Å². The number of ether oxygens (including phenoxy) is 2. The molecule has 3 nitrogen and oxygen atoms in total. The number of rotatable bonds is 4.